The Morgan fingerprint density at radius 3 is 2.58 bits per heavy atom. The molecule has 0 aliphatic carbocycles. The van der Waals surface area contributed by atoms with Crippen LogP contribution in [0.1, 0.15) is 31.9 Å². The highest BCUT2D eigenvalue weighted by Crippen LogP contribution is 2.34. The number of rotatable bonds is 10. The summed E-state index contributed by atoms with van der Waals surface area (Å²) < 4.78 is 16.2. The Morgan fingerprint density at radius 1 is 1.15 bits per heavy atom. The number of amides is 1. The van der Waals surface area contributed by atoms with Crippen molar-refractivity contribution in [3.05, 3.63) is 65.4 Å². The first kappa shape index (κ1) is 24.5. The van der Waals surface area contributed by atoms with Crippen LogP contribution in [0, 0.1) is 0 Å². The van der Waals surface area contributed by atoms with E-state index in [4.69, 9.17) is 26.4 Å². The van der Waals surface area contributed by atoms with Gasteiger partial charge in [0.05, 0.1) is 31.5 Å². The SMILES string of the molecule is CCOCCCN1C(=S)NC(c2ccccc2)C(C(=O)Nc2ccc(OC)cc2OC)=C1C. The van der Waals surface area contributed by atoms with Gasteiger partial charge < -0.3 is 29.7 Å². The van der Waals surface area contributed by atoms with Crippen molar-refractivity contribution in [2.75, 3.05) is 39.3 Å². The van der Waals surface area contributed by atoms with E-state index in [1.165, 1.54) is 0 Å². The van der Waals surface area contributed by atoms with Gasteiger partial charge in [-0.3, -0.25) is 4.79 Å². The molecule has 176 valence electrons. The molecule has 2 aromatic rings. The number of anilines is 1. The van der Waals surface area contributed by atoms with E-state index < -0.39 is 0 Å². The maximum absolute atomic E-state index is 13.6. The molecule has 0 bridgehead atoms. The standard InChI is InChI=1S/C25H31N3O4S/c1-5-32-15-9-14-28-17(2)22(23(27-25(28)33)18-10-7-6-8-11-18)24(29)26-20-13-12-19(30-3)16-21(20)31-4/h6-8,10-13,16,23H,5,9,14-15H2,1-4H3,(H,26,29)(H,27,33). The quantitative estimate of drug-likeness (QED) is 0.398. The first-order valence-electron chi connectivity index (χ1n) is 10.9. The van der Waals surface area contributed by atoms with Crippen molar-refractivity contribution in [3.8, 4) is 11.5 Å². The van der Waals surface area contributed by atoms with Gasteiger partial charge in [-0.15, -0.1) is 0 Å². The third-order valence-corrected chi connectivity index (χ3v) is 5.84. The number of hydrogen-bond acceptors (Lipinski definition) is 5. The second-order valence-electron chi connectivity index (χ2n) is 7.51. The van der Waals surface area contributed by atoms with E-state index in [2.05, 4.69) is 10.6 Å². The minimum Gasteiger partial charge on any atom is -0.497 e. The van der Waals surface area contributed by atoms with Crippen LogP contribution in [0.3, 0.4) is 0 Å². The molecule has 1 aliphatic heterocycles. The molecule has 0 aromatic heterocycles. The summed E-state index contributed by atoms with van der Waals surface area (Å²) in [7, 11) is 3.14. The summed E-state index contributed by atoms with van der Waals surface area (Å²) in [6.45, 7) is 5.87. The maximum atomic E-state index is 13.6. The largest absolute Gasteiger partial charge is 0.497 e. The molecule has 8 heteroatoms. The number of nitrogens with one attached hydrogen (secondary N) is 2. The van der Waals surface area contributed by atoms with Crippen LogP contribution in [-0.4, -0.2) is 49.9 Å². The van der Waals surface area contributed by atoms with Gasteiger partial charge in [0.25, 0.3) is 5.91 Å². The van der Waals surface area contributed by atoms with Crippen molar-refractivity contribution in [2.45, 2.75) is 26.3 Å². The lowest BCUT2D eigenvalue weighted by Crippen LogP contribution is -2.48. The van der Waals surface area contributed by atoms with Crippen molar-refractivity contribution < 1.29 is 19.0 Å². The number of carbonyl (C=O) groups excluding carboxylic acids is 1. The van der Waals surface area contributed by atoms with Crippen LogP contribution < -0.4 is 20.1 Å². The van der Waals surface area contributed by atoms with Crippen LogP contribution in [0.2, 0.25) is 0 Å². The second-order valence-corrected chi connectivity index (χ2v) is 7.90. The molecular weight excluding hydrogens is 438 g/mol. The fourth-order valence-electron chi connectivity index (χ4n) is 3.80. The van der Waals surface area contributed by atoms with E-state index in [9.17, 15) is 4.79 Å². The smallest absolute Gasteiger partial charge is 0.255 e. The van der Waals surface area contributed by atoms with Gasteiger partial charge in [-0.2, -0.15) is 0 Å². The summed E-state index contributed by atoms with van der Waals surface area (Å²) in [5.41, 5.74) is 2.93. The van der Waals surface area contributed by atoms with Crippen LogP contribution in [0.25, 0.3) is 0 Å². The van der Waals surface area contributed by atoms with E-state index in [1.54, 1.807) is 32.4 Å². The predicted molar refractivity (Wildman–Crippen MR) is 134 cm³/mol. The lowest BCUT2D eigenvalue weighted by molar-refractivity contribution is -0.113. The molecule has 3 rings (SSSR count). The molecule has 1 unspecified atom stereocenters. The maximum Gasteiger partial charge on any atom is 0.255 e. The molecule has 2 aromatic carbocycles. The third-order valence-electron chi connectivity index (χ3n) is 5.51. The van der Waals surface area contributed by atoms with Crippen LogP contribution in [-0.2, 0) is 9.53 Å². The number of benzene rings is 2. The van der Waals surface area contributed by atoms with Crippen molar-refractivity contribution in [3.63, 3.8) is 0 Å². The molecule has 0 radical (unpaired) electrons. The molecule has 1 amide bonds. The normalized spacial score (nSPS) is 15.8. The first-order chi connectivity index (χ1) is 16.0. The number of methoxy groups -OCH3 is 2. The summed E-state index contributed by atoms with van der Waals surface area (Å²) in [4.78, 5) is 15.6. The average Bonchev–Trinajstić information content (AvgIpc) is 2.83. The fraction of sp³-hybridized carbons (Fsp3) is 0.360. The predicted octanol–water partition coefficient (Wildman–Crippen LogP) is 4.27. The van der Waals surface area contributed by atoms with Crippen LogP contribution in [0.15, 0.2) is 59.8 Å². The number of hydrogen-bond donors (Lipinski definition) is 2. The molecule has 1 heterocycles. The van der Waals surface area contributed by atoms with Gasteiger partial charge in [0.1, 0.15) is 11.5 Å². The molecule has 7 nitrogen and oxygen atoms in total. The highest BCUT2D eigenvalue weighted by atomic mass is 32.1. The van der Waals surface area contributed by atoms with Crippen LogP contribution in [0.4, 0.5) is 5.69 Å². The van der Waals surface area contributed by atoms with Gasteiger partial charge in [0, 0.05) is 31.5 Å². The monoisotopic (exact) mass is 469 g/mol. The number of carbonyl (C=O) groups is 1. The van der Waals surface area contributed by atoms with Crippen molar-refractivity contribution in [2.24, 2.45) is 0 Å². The van der Waals surface area contributed by atoms with Gasteiger partial charge in [0.15, 0.2) is 5.11 Å². The molecule has 0 saturated carbocycles. The van der Waals surface area contributed by atoms with Crippen LogP contribution in [0.5, 0.6) is 11.5 Å². The van der Waals surface area contributed by atoms with E-state index in [-0.39, 0.29) is 11.9 Å². The van der Waals surface area contributed by atoms with Crippen LogP contribution >= 0.6 is 12.2 Å². The van der Waals surface area contributed by atoms with Crippen molar-refractivity contribution >= 4 is 28.9 Å². The molecule has 0 fully saturated rings. The Bertz CT molecular complexity index is 1010. The van der Waals surface area contributed by atoms with Crippen molar-refractivity contribution in [1.82, 2.24) is 10.2 Å². The van der Waals surface area contributed by atoms with E-state index in [0.717, 1.165) is 17.7 Å². The molecule has 0 spiro atoms. The Balaban J connectivity index is 1.95. The summed E-state index contributed by atoms with van der Waals surface area (Å²) in [5, 5.41) is 6.97. The van der Waals surface area contributed by atoms with E-state index in [1.807, 2.05) is 49.1 Å². The number of nitrogens with zero attached hydrogens (tertiary/aromatic N) is 1. The Morgan fingerprint density at radius 2 is 1.91 bits per heavy atom. The summed E-state index contributed by atoms with van der Waals surface area (Å²) in [5.74, 6) is 0.937. The van der Waals surface area contributed by atoms with E-state index >= 15 is 0 Å². The minimum atomic E-state index is -0.369. The first-order valence-corrected chi connectivity index (χ1v) is 11.4. The summed E-state index contributed by atoms with van der Waals surface area (Å²) >= 11 is 5.67. The number of ether oxygens (including phenoxy) is 3. The molecule has 1 aliphatic rings. The van der Waals surface area contributed by atoms with Gasteiger partial charge in [-0.05, 0) is 50.2 Å². The highest BCUT2D eigenvalue weighted by molar-refractivity contribution is 7.80. The molecular formula is C25H31N3O4S. The number of allylic oxidation sites excluding steroid dienone is 1. The highest BCUT2D eigenvalue weighted by Gasteiger charge is 2.34. The molecule has 2 N–H and O–H groups in total. The van der Waals surface area contributed by atoms with Gasteiger partial charge in [-0.1, -0.05) is 30.3 Å². The second kappa shape index (κ2) is 11.7. The number of thiocarbonyl (C=S) groups is 1. The van der Waals surface area contributed by atoms with E-state index in [0.29, 0.717) is 47.6 Å². The molecule has 1 atom stereocenters. The molecule has 0 saturated heterocycles. The Hall–Kier alpha value is -3.10. The fourth-order valence-corrected chi connectivity index (χ4v) is 4.15. The zero-order valence-electron chi connectivity index (χ0n) is 19.5. The van der Waals surface area contributed by atoms with Gasteiger partial charge >= 0.3 is 0 Å². The lowest BCUT2D eigenvalue weighted by Gasteiger charge is -2.38. The average molecular weight is 470 g/mol. The minimum absolute atomic E-state index is 0.227. The summed E-state index contributed by atoms with van der Waals surface area (Å²) in [6, 6.07) is 14.7. The summed E-state index contributed by atoms with van der Waals surface area (Å²) in [6.07, 6.45) is 0.796. The third kappa shape index (κ3) is 5.83. The zero-order valence-corrected chi connectivity index (χ0v) is 20.3. The van der Waals surface area contributed by atoms with Gasteiger partial charge in [0.2, 0.25) is 0 Å². The topological polar surface area (TPSA) is 72.1 Å². The Labute approximate surface area is 200 Å². The van der Waals surface area contributed by atoms with Gasteiger partial charge in [-0.25, -0.2) is 0 Å². The zero-order chi connectivity index (χ0) is 23.8. The Kier molecular flexibility index (Phi) is 8.68. The molecule has 33 heavy (non-hydrogen) atoms. The lowest BCUT2D eigenvalue weighted by atomic mass is 9.94. The van der Waals surface area contributed by atoms with Crippen molar-refractivity contribution in [1.29, 1.82) is 0 Å².